The number of hydrogen-bond acceptors (Lipinski definition) is 1. The van der Waals surface area contributed by atoms with Crippen molar-refractivity contribution < 1.29 is 5.11 Å². The van der Waals surface area contributed by atoms with Gasteiger partial charge in [-0.3, -0.25) is 0 Å². The Balaban J connectivity index is 2.30. The molecule has 1 heteroatoms. The molecule has 3 aromatic rings. The van der Waals surface area contributed by atoms with Crippen LogP contribution in [-0.4, -0.2) is 5.11 Å². The molecule has 3 aromatic carbocycles. The van der Waals surface area contributed by atoms with E-state index >= 15 is 0 Å². The zero-order chi connectivity index (χ0) is 13.0. The molecule has 1 atom stereocenters. The van der Waals surface area contributed by atoms with E-state index in [0.717, 1.165) is 12.0 Å². The number of aliphatic hydroxyl groups is 1. The summed E-state index contributed by atoms with van der Waals surface area (Å²) in [5, 5.41) is 17.2. The molecule has 0 amide bonds. The van der Waals surface area contributed by atoms with Crippen molar-refractivity contribution >= 4 is 27.6 Å². The van der Waals surface area contributed by atoms with Gasteiger partial charge in [-0.05, 0) is 45.2 Å². The van der Waals surface area contributed by atoms with Crippen LogP contribution in [0.2, 0.25) is 0 Å². The number of rotatable bonds is 1. The van der Waals surface area contributed by atoms with Crippen LogP contribution < -0.4 is 5.22 Å². The van der Waals surface area contributed by atoms with Crippen molar-refractivity contribution in [3.8, 4) is 0 Å². The Morgan fingerprint density at radius 2 is 1.74 bits per heavy atom. The molecule has 0 saturated carbocycles. The van der Waals surface area contributed by atoms with Gasteiger partial charge in [-0.1, -0.05) is 55.5 Å². The van der Waals surface area contributed by atoms with E-state index < -0.39 is 5.60 Å². The molecule has 0 aliphatic heterocycles. The summed E-state index contributed by atoms with van der Waals surface area (Å²) >= 11 is 0. The molecule has 19 heavy (non-hydrogen) atoms. The molecule has 0 bridgehead atoms. The lowest BCUT2D eigenvalue weighted by Gasteiger charge is -2.31. The standard InChI is InChI=1S/C18H16O/c1-2-18(19)11-10-14-7-6-12-4-3-5-13-8-9-15(18)17(14)16(12)13/h3-10,19H,2,11H2,1H3. The Bertz CT molecular complexity index is 831. The number of hydrogen-bond donors (Lipinski definition) is 1. The van der Waals surface area contributed by atoms with Gasteiger partial charge in [0.1, 0.15) is 0 Å². The van der Waals surface area contributed by atoms with Crippen molar-refractivity contribution in [3.63, 3.8) is 0 Å². The quantitative estimate of drug-likeness (QED) is 0.699. The zero-order valence-electron chi connectivity index (χ0n) is 11.0. The summed E-state index contributed by atoms with van der Waals surface area (Å²) in [5.74, 6) is 0. The summed E-state index contributed by atoms with van der Waals surface area (Å²) < 4.78 is 0. The minimum atomic E-state index is -0.703. The summed E-state index contributed by atoms with van der Waals surface area (Å²) in [6, 6.07) is 15.0. The largest absolute Gasteiger partial charge is 0.385 e. The topological polar surface area (TPSA) is 20.2 Å². The maximum atomic E-state index is 10.9. The second-order valence-electron chi connectivity index (χ2n) is 5.52. The zero-order valence-corrected chi connectivity index (χ0v) is 11.0. The highest BCUT2D eigenvalue weighted by Gasteiger charge is 2.30. The van der Waals surface area contributed by atoms with Crippen LogP contribution in [0.25, 0.3) is 27.6 Å². The Morgan fingerprint density at radius 1 is 1.00 bits per heavy atom. The van der Waals surface area contributed by atoms with Gasteiger partial charge in [0, 0.05) is 0 Å². The fourth-order valence-corrected chi connectivity index (χ4v) is 3.39. The highest BCUT2D eigenvalue weighted by molar-refractivity contribution is 6.12. The SMILES string of the molecule is CCC1(O)CC=c2ccc3cccc4ccc1c2c43. The molecule has 94 valence electrons. The van der Waals surface area contributed by atoms with Gasteiger partial charge in [-0.25, -0.2) is 0 Å². The van der Waals surface area contributed by atoms with Crippen LogP contribution >= 0.6 is 0 Å². The van der Waals surface area contributed by atoms with E-state index in [0.29, 0.717) is 6.42 Å². The van der Waals surface area contributed by atoms with Gasteiger partial charge in [0.15, 0.2) is 0 Å². The van der Waals surface area contributed by atoms with E-state index in [1.54, 1.807) is 0 Å². The van der Waals surface area contributed by atoms with Gasteiger partial charge in [0.25, 0.3) is 0 Å². The summed E-state index contributed by atoms with van der Waals surface area (Å²) in [5.41, 5.74) is 0.391. The lowest BCUT2D eigenvalue weighted by Crippen LogP contribution is -2.29. The monoisotopic (exact) mass is 248 g/mol. The average molecular weight is 248 g/mol. The molecular formula is C18H16O. The molecule has 0 saturated heterocycles. The first kappa shape index (κ1) is 11.0. The van der Waals surface area contributed by atoms with Gasteiger partial charge in [0.05, 0.1) is 5.60 Å². The van der Waals surface area contributed by atoms with Crippen LogP contribution in [0.3, 0.4) is 0 Å². The lowest BCUT2D eigenvalue weighted by atomic mass is 9.79. The second-order valence-corrected chi connectivity index (χ2v) is 5.52. The van der Waals surface area contributed by atoms with Crippen LogP contribution in [0.5, 0.6) is 0 Å². The van der Waals surface area contributed by atoms with E-state index in [-0.39, 0.29) is 0 Å². The van der Waals surface area contributed by atoms with Crippen LogP contribution in [0.1, 0.15) is 25.3 Å². The summed E-state index contributed by atoms with van der Waals surface area (Å²) in [4.78, 5) is 0. The molecule has 1 nitrogen and oxygen atoms in total. The van der Waals surface area contributed by atoms with Crippen molar-refractivity contribution in [1.29, 1.82) is 0 Å². The predicted octanol–water partition coefficient (Wildman–Crippen LogP) is 3.49. The second kappa shape index (κ2) is 3.58. The third kappa shape index (κ3) is 1.34. The molecule has 0 fully saturated rings. The Labute approximate surface area is 112 Å². The first-order chi connectivity index (χ1) is 9.23. The van der Waals surface area contributed by atoms with Crippen molar-refractivity contribution in [2.75, 3.05) is 0 Å². The summed E-state index contributed by atoms with van der Waals surface area (Å²) in [6.07, 6.45) is 3.64. The molecular weight excluding hydrogens is 232 g/mol. The molecule has 4 rings (SSSR count). The van der Waals surface area contributed by atoms with Crippen molar-refractivity contribution in [3.05, 3.63) is 53.2 Å². The molecule has 1 aliphatic carbocycles. The van der Waals surface area contributed by atoms with Crippen molar-refractivity contribution in [2.45, 2.75) is 25.4 Å². The van der Waals surface area contributed by atoms with Gasteiger partial charge in [-0.15, -0.1) is 0 Å². The van der Waals surface area contributed by atoms with Gasteiger partial charge in [-0.2, -0.15) is 0 Å². The fourth-order valence-electron chi connectivity index (χ4n) is 3.39. The minimum absolute atomic E-state index is 0.703. The Kier molecular flexibility index (Phi) is 2.07. The highest BCUT2D eigenvalue weighted by Crippen LogP contribution is 2.38. The fraction of sp³-hybridized carbons (Fsp3) is 0.222. The maximum Gasteiger partial charge on any atom is 0.0934 e. The highest BCUT2D eigenvalue weighted by atomic mass is 16.3. The van der Waals surface area contributed by atoms with E-state index in [2.05, 4.69) is 55.5 Å². The molecule has 0 aromatic heterocycles. The molecule has 1 unspecified atom stereocenters. The Hall–Kier alpha value is -1.86. The van der Waals surface area contributed by atoms with E-state index in [4.69, 9.17) is 0 Å². The normalized spacial score (nSPS) is 21.8. The third-order valence-corrected chi connectivity index (χ3v) is 4.55. The Morgan fingerprint density at radius 3 is 2.47 bits per heavy atom. The molecule has 1 N–H and O–H groups in total. The lowest BCUT2D eigenvalue weighted by molar-refractivity contribution is 0.0397. The average Bonchev–Trinajstić information content (AvgIpc) is 2.47. The van der Waals surface area contributed by atoms with E-state index in [9.17, 15) is 5.11 Å². The van der Waals surface area contributed by atoms with Gasteiger partial charge < -0.3 is 5.11 Å². The molecule has 0 spiro atoms. The van der Waals surface area contributed by atoms with Crippen LogP contribution in [0.4, 0.5) is 0 Å². The van der Waals surface area contributed by atoms with Crippen molar-refractivity contribution in [1.82, 2.24) is 0 Å². The first-order valence-corrected chi connectivity index (χ1v) is 6.90. The number of benzene rings is 3. The smallest absolute Gasteiger partial charge is 0.0934 e. The van der Waals surface area contributed by atoms with Gasteiger partial charge >= 0.3 is 0 Å². The first-order valence-electron chi connectivity index (χ1n) is 6.90. The minimum Gasteiger partial charge on any atom is -0.385 e. The molecule has 0 radical (unpaired) electrons. The van der Waals surface area contributed by atoms with Crippen molar-refractivity contribution in [2.24, 2.45) is 0 Å². The maximum absolute atomic E-state index is 10.9. The molecule has 1 aliphatic rings. The summed E-state index contributed by atoms with van der Waals surface area (Å²) in [7, 11) is 0. The molecule has 0 heterocycles. The van der Waals surface area contributed by atoms with Crippen LogP contribution in [-0.2, 0) is 5.60 Å². The summed E-state index contributed by atoms with van der Waals surface area (Å²) in [6.45, 7) is 2.06. The van der Waals surface area contributed by atoms with Crippen LogP contribution in [0, 0.1) is 0 Å². The van der Waals surface area contributed by atoms with E-state index in [1.807, 2.05) is 0 Å². The predicted molar refractivity (Wildman–Crippen MR) is 79.9 cm³/mol. The van der Waals surface area contributed by atoms with Gasteiger partial charge in [0.2, 0.25) is 0 Å². The van der Waals surface area contributed by atoms with Crippen LogP contribution in [0.15, 0.2) is 42.5 Å². The van der Waals surface area contributed by atoms with E-state index in [1.165, 1.54) is 26.8 Å². The third-order valence-electron chi connectivity index (χ3n) is 4.55.